The Morgan fingerprint density at radius 3 is 2.79 bits per heavy atom. The lowest BCUT2D eigenvalue weighted by Gasteiger charge is -2.24. The Balaban J connectivity index is 2.31. The van der Waals surface area contributed by atoms with Crippen LogP contribution in [0.5, 0.6) is 0 Å². The normalized spacial score (nSPS) is 20.1. The van der Waals surface area contributed by atoms with Crippen LogP contribution in [0.4, 0.5) is 5.69 Å². The first kappa shape index (κ1) is 14.1. The average Bonchev–Trinajstić information content (AvgIpc) is 2.52. The molecule has 2 amide bonds. The van der Waals surface area contributed by atoms with Gasteiger partial charge in [-0.25, -0.2) is 0 Å². The van der Waals surface area contributed by atoms with Crippen LogP contribution >= 0.6 is 15.9 Å². The number of nitrogens with zero attached hydrogens (tertiary/aromatic N) is 1. The third-order valence-corrected chi connectivity index (χ3v) is 3.85. The Morgan fingerprint density at radius 1 is 1.37 bits per heavy atom. The van der Waals surface area contributed by atoms with E-state index in [-0.39, 0.29) is 11.8 Å². The number of anilines is 1. The highest BCUT2D eigenvalue weighted by molar-refractivity contribution is 9.10. The number of halogens is 1. The average molecular weight is 325 g/mol. The second-order valence-electron chi connectivity index (χ2n) is 4.60. The van der Waals surface area contributed by atoms with E-state index in [4.69, 9.17) is 0 Å². The number of rotatable bonds is 3. The molecular weight excluding hydrogens is 308 g/mol. The van der Waals surface area contributed by atoms with Crippen molar-refractivity contribution in [1.82, 2.24) is 5.32 Å². The van der Waals surface area contributed by atoms with Gasteiger partial charge in [0.15, 0.2) is 0 Å². The van der Waals surface area contributed by atoms with Gasteiger partial charge in [0.25, 0.3) is 0 Å². The van der Waals surface area contributed by atoms with Crippen LogP contribution in [0.2, 0.25) is 0 Å². The highest BCUT2D eigenvalue weighted by Crippen LogP contribution is 2.27. The molecule has 0 saturated carbocycles. The Labute approximate surface area is 121 Å². The molecule has 1 aromatic carbocycles. The van der Waals surface area contributed by atoms with Crippen LogP contribution in [0.25, 0.3) is 0 Å². The third kappa shape index (κ3) is 3.15. The summed E-state index contributed by atoms with van der Waals surface area (Å²) < 4.78 is 0.868. The molecule has 0 aliphatic carbocycles. The molecule has 1 heterocycles. The number of para-hydroxylation sites is 1. The summed E-state index contributed by atoms with van der Waals surface area (Å²) >= 11 is 3.46. The maximum atomic E-state index is 12.5. The van der Waals surface area contributed by atoms with Gasteiger partial charge >= 0.3 is 0 Å². The van der Waals surface area contributed by atoms with E-state index in [0.29, 0.717) is 19.4 Å². The van der Waals surface area contributed by atoms with Crippen molar-refractivity contribution >= 4 is 33.4 Å². The number of carbonyl (C=O) groups is 2. The van der Waals surface area contributed by atoms with Gasteiger partial charge < -0.3 is 10.2 Å². The highest BCUT2D eigenvalue weighted by atomic mass is 79.9. The second-order valence-corrected chi connectivity index (χ2v) is 5.45. The van der Waals surface area contributed by atoms with Crippen molar-refractivity contribution in [3.05, 3.63) is 28.7 Å². The van der Waals surface area contributed by atoms with Gasteiger partial charge in [-0.05, 0) is 34.5 Å². The Kier molecular flexibility index (Phi) is 4.58. The molecule has 1 fully saturated rings. The molecule has 4 nitrogen and oxygen atoms in total. The molecule has 1 aromatic rings. The zero-order valence-electron chi connectivity index (χ0n) is 10.9. The van der Waals surface area contributed by atoms with E-state index in [1.54, 1.807) is 4.90 Å². The van der Waals surface area contributed by atoms with Crippen molar-refractivity contribution < 1.29 is 9.59 Å². The second kappa shape index (κ2) is 6.19. The quantitative estimate of drug-likeness (QED) is 0.928. The van der Waals surface area contributed by atoms with Crippen molar-refractivity contribution in [3.8, 4) is 0 Å². The van der Waals surface area contributed by atoms with Crippen molar-refractivity contribution in [2.75, 3.05) is 11.4 Å². The maximum Gasteiger partial charge on any atom is 0.249 e. The van der Waals surface area contributed by atoms with Gasteiger partial charge in [-0.1, -0.05) is 25.5 Å². The number of hydrogen-bond donors (Lipinski definition) is 1. The van der Waals surface area contributed by atoms with Crippen LogP contribution < -0.4 is 10.2 Å². The summed E-state index contributed by atoms with van der Waals surface area (Å²) in [5, 5.41) is 2.80. The monoisotopic (exact) mass is 324 g/mol. The molecule has 0 bridgehead atoms. The molecule has 19 heavy (non-hydrogen) atoms. The van der Waals surface area contributed by atoms with Gasteiger partial charge in [0, 0.05) is 17.4 Å². The lowest BCUT2D eigenvalue weighted by atomic mass is 10.1. The van der Waals surface area contributed by atoms with E-state index in [2.05, 4.69) is 21.2 Å². The van der Waals surface area contributed by atoms with E-state index in [1.165, 1.54) is 0 Å². The molecule has 1 aliphatic heterocycles. The SMILES string of the molecule is CCCC1NC(=O)CCN(c2ccccc2Br)C1=O. The maximum absolute atomic E-state index is 12.5. The molecule has 0 radical (unpaired) electrons. The van der Waals surface area contributed by atoms with E-state index < -0.39 is 6.04 Å². The minimum atomic E-state index is -0.410. The third-order valence-electron chi connectivity index (χ3n) is 3.18. The lowest BCUT2D eigenvalue weighted by molar-refractivity contribution is -0.125. The van der Waals surface area contributed by atoms with Crippen LogP contribution in [-0.2, 0) is 9.59 Å². The number of hydrogen-bond acceptors (Lipinski definition) is 2. The van der Waals surface area contributed by atoms with Crippen LogP contribution in [-0.4, -0.2) is 24.4 Å². The summed E-state index contributed by atoms with van der Waals surface area (Å²) in [7, 11) is 0. The first-order valence-corrected chi connectivity index (χ1v) is 7.28. The number of carbonyl (C=O) groups excluding carboxylic acids is 2. The van der Waals surface area contributed by atoms with E-state index in [0.717, 1.165) is 16.6 Å². The van der Waals surface area contributed by atoms with Gasteiger partial charge in [0.05, 0.1) is 5.69 Å². The number of nitrogens with one attached hydrogen (secondary N) is 1. The standard InChI is InChI=1S/C14H17BrN2O2/c1-2-5-11-14(19)17(9-8-13(18)16-11)12-7-4-3-6-10(12)15/h3-4,6-7,11H,2,5,8-9H2,1H3,(H,16,18). The predicted molar refractivity (Wildman–Crippen MR) is 78.0 cm³/mol. The molecule has 0 aromatic heterocycles. The molecule has 1 unspecified atom stereocenters. The first-order chi connectivity index (χ1) is 9.13. The summed E-state index contributed by atoms with van der Waals surface area (Å²) in [6, 6.07) is 7.18. The fraction of sp³-hybridized carbons (Fsp3) is 0.429. The molecular formula is C14H17BrN2O2. The molecule has 0 spiro atoms. The van der Waals surface area contributed by atoms with Crippen LogP contribution in [0.15, 0.2) is 28.7 Å². The first-order valence-electron chi connectivity index (χ1n) is 6.48. The number of amides is 2. The number of benzene rings is 1. The van der Waals surface area contributed by atoms with Gasteiger partial charge in [-0.2, -0.15) is 0 Å². The minimum Gasteiger partial charge on any atom is -0.344 e. The molecule has 1 saturated heterocycles. The highest BCUT2D eigenvalue weighted by Gasteiger charge is 2.30. The van der Waals surface area contributed by atoms with Crippen molar-refractivity contribution in [1.29, 1.82) is 0 Å². The largest absolute Gasteiger partial charge is 0.344 e. The van der Waals surface area contributed by atoms with Crippen LogP contribution in [0, 0.1) is 0 Å². The predicted octanol–water partition coefficient (Wildman–Crippen LogP) is 2.47. The molecule has 5 heteroatoms. The Bertz CT molecular complexity index is 490. The zero-order valence-corrected chi connectivity index (χ0v) is 12.4. The Morgan fingerprint density at radius 2 is 2.11 bits per heavy atom. The summed E-state index contributed by atoms with van der Waals surface area (Å²) in [4.78, 5) is 25.9. The zero-order chi connectivity index (χ0) is 13.8. The summed E-state index contributed by atoms with van der Waals surface area (Å²) in [5.74, 6) is -0.0825. The van der Waals surface area contributed by atoms with Gasteiger partial charge in [0.1, 0.15) is 6.04 Å². The van der Waals surface area contributed by atoms with Gasteiger partial charge in [-0.3, -0.25) is 9.59 Å². The van der Waals surface area contributed by atoms with Crippen LogP contribution in [0.1, 0.15) is 26.2 Å². The lowest BCUT2D eigenvalue weighted by Crippen LogP contribution is -2.44. The van der Waals surface area contributed by atoms with Crippen molar-refractivity contribution in [2.24, 2.45) is 0 Å². The van der Waals surface area contributed by atoms with Crippen molar-refractivity contribution in [3.63, 3.8) is 0 Å². The summed E-state index contributed by atoms with van der Waals surface area (Å²) in [5.41, 5.74) is 0.824. The summed E-state index contributed by atoms with van der Waals surface area (Å²) in [6.07, 6.45) is 1.87. The van der Waals surface area contributed by atoms with Crippen LogP contribution in [0.3, 0.4) is 0 Å². The fourth-order valence-electron chi connectivity index (χ4n) is 2.23. The smallest absolute Gasteiger partial charge is 0.249 e. The topological polar surface area (TPSA) is 49.4 Å². The minimum absolute atomic E-state index is 0.0281. The van der Waals surface area contributed by atoms with E-state index in [9.17, 15) is 9.59 Å². The van der Waals surface area contributed by atoms with Gasteiger partial charge in [-0.15, -0.1) is 0 Å². The van der Waals surface area contributed by atoms with E-state index in [1.807, 2.05) is 31.2 Å². The molecule has 102 valence electrons. The van der Waals surface area contributed by atoms with Gasteiger partial charge in [0.2, 0.25) is 11.8 Å². The molecule has 1 atom stereocenters. The molecule has 1 N–H and O–H groups in total. The van der Waals surface area contributed by atoms with E-state index >= 15 is 0 Å². The molecule has 1 aliphatic rings. The Hall–Kier alpha value is -1.36. The van der Waals surface area contributed by atoms with Crippen molar-refractivity contribution in [2.45, 2.75) is 32.2 Å². The summed E-state index contributed by atoms with van der Waals surface area (Å²) in [6.45, 7) is 2.43. The molecule has 2 rings (SSSR count). The fourth-order valence-corrected chi connectivity index (χ4v) is 2.73.